The number of hydrogen-bond acceptors (Lipinski definition) is 3. The smallest absolute Gasteiger partial charge is 0.124 e. The van der Waals surface area contributed by atoms with Gasteiger partial charge in [-0.3, -0.25) is 0 Å². The molecule has 0 bridgehead atoms. The SMILES string of the molecule is CCC1OCCC1C(N)c1ccccc1OC(C)C. The number of rotatable bonds is 5. The number of hydrogen-bond donors (Lipinski definition) is 1. The van der Waals surface area contributed by atoms with Crippen LogP contribution in [0.15, 0.2) is 24.3 Å². The molecule has 0 saturated carbocycles. The first-order chi connectivity index (χ1) is 9.13. The average molecular weight is 263 g/mol. The van der Waals surface area contributed by atoms with Gasteiger partial charge in [0.2, 0.25) is 0 Å². The minimum Gasteiger partial charge on any atom is -0.491 e. The second kappa shape index (κ2) is 6.40. The summed E-state index contributed by atoms with van der Waals surface area (Å²) < 4.78 is 11.6. The van der Waals surface area contributed by atoms with Gasteiger partial charge in [0.15, 0.2) is 0 Å². The van der Waals surface area contributed by atoms with E-state index in [1.54, 1.807) is 0 Å². The molecule has 1 aliphatic rings. The van der Waals surface area contributed by atoms with Gasteiger partial charge >= 0.3 is 0 Å². The van der Waals surface area contributed by atoms with E-state index in [2.05, 4.69) is 13.0 Å². The average Bonchev–Trinajstić information content (AvgIpc) is 2.86. The summed E-state index contributed by atoms with van der Waals surface area (Å²) >= 11 is 0. The highest BCUT2D eigenvalue weighted by molar-refractivity contribution is 5.36. The van der Waals surface area contributed by atoms with Crippen molar-refractivity contribution in [3.8, 4) is 5.75 Å². The molecule has 0 spiro atoms. The monoisotopic (exact) mass is 263 g/mol. The van der Waals surface area contributed by atoms with Crippen LogP contribution in [0.4, 0.5) is 0 Å². The number of ether oxygens (including phenoxy) is 2. The number of nitrogens with two attached hydrogens (primary N) is 1. The molecular formula is C16H25NO2. The fraction of sp³-hybridized carbons (Fsp3) is 0.625. The summed E-state index contributed by atoms with van der Waals surface area (Å²) in [5.74, 6) is 1.30. The normalized spacial score (nSPS) is 24.7. The van der Waals surface area contributed by atoms with Gasteiger partial charge in [-0.25, -0.2) is 0 Å². The Morgan fingerprint density at radius 2 is 2.11 bits per heavy atom. The minimum atomic E-state index is -0.0117. The number of para-hydroxylation sites is 1. The van der Waals surface area contributed by atoms with Crippen molar-refractivity contribution < 1.29 is 9.47 Å². The Hall–Kier alpha value is -1.06. The molecule has 1 aliphatic heterocycles. The highest BCUT2D eigenvalue weighted by Crippen LogP contribution is 2.36. The predicted molar refractivity (Wildman–Crippen MR) is 77.3 cm³/mol. The van der Waals surface area contributed by atoms with Crippen molar-refractivity contribution in [1.82, 2.24) is 0 Å². The van der Waals surface area contributed by atoms with E-state index in [0.29, 0.717) is 5.92 Å². The van der Waals surface area contributed by atoms with Gasteiger partial charge < -0.3 is 15.2 Å². The van der Waals surface area contributed by atoms with Crippen LogP contribution < -0.4 is 10.5 Å². The van der Waals surface area contributed by atoms with Gasteiger partial charge in [-0.1, -0.05) is 25.1 Å². The Kier molecular flexibility index (Phi) is 4.83. The second-order valence-electron chi connectivity index (χ2n) is 5.50. The fourth-order valence-electron chi connectivity index (χ4n) is 2.84. The van der Waals surface area contributed by atoms with Gasteiger partial charge in [0.25, 0.3) is 0 Å². The standard InChI is InChI=1S/C16H25NO2/c1-4-14-13(9-10-18-14)16(17)12-7-5-6-8-15(12)19-11(2)3/h5-8,11,13-14,16H,4,9-10,17H2,1-3H3. The lowest BCUT2D eigenvalue weighted by Gasteiger charge is -2.26. The van der Waals surface area contributed by atoms with Gasteiger partial charge in [-0.05, 0) is 32.8 Å². The van der Waals surface area contributed by atoms with Crippen molar-refractivity contribution >= 4 is 0 Å². The zero-order valence-electron chi connectivity index (χ0n) is 12.1. The summed E-state index contributed by atoms with van der Waals surface area (Å²) in [5.41, 5.74) is 7.58. The number of benzene rings is 1. The summed E-state index contributed by atoms with van der Waals surface area (Å²) in [6.45, 7) is 7.06. The van der Waals surface area contributed by atoms with E-state index in [0.717, 1.165) is 30.8 Å². The molecule has 3 atom stereocenters. The van der Waals surface area contributed by atoms with Gasteiger partial charge in [0, 0.05) is 24.1 Å². The molecule has 1 heterocycles. The molecule has 106 valence electrons. The Bertz CT molecular complexity index is 405. The third-order valence-electron chi connectivity index (χ3n) is 3.77. The van der Waals surface area contributed by atoms with Gasteiger partial charge in [-0.15, -0.1) is 0 Å². The molecule has 0 aromatic heterocycles. The Labute approximate surface area is 116 Å². The molecule has 1 saturated heterocycles. The summed E-state index contributed by atoms with van der Waals surface area (Å²) in [5, 5.41) is 0. The van der Waals surface area contributed by atoms with Crippen LogP contribution in [0.1, 0.15) is 45.2 Å². The van der Waals surface area contributed by atoms with Gasteiger partial charge in [0.1, 0.15) is 5.75 Å². The predicted octanol–water partition coefficient (Wildman–Crippen LogP) is 3.29. The molecule has 3 unspecified atom stereocenters. The molecule has 0 aliphatic carbocycles. The van der Waals surface area contributed by atoms with Crippen LogP contribution in [0.3, 0.4) is 0 Å². The maximum absolute atomic E-state index is 6.48. The highest BCUT2D eigenvalue weighted by Gasteiger charge is 2.33. The van der Waals surface area contributed by atoms with Crippen LogP contribution in [0.2, 0.25) is 0 Å². The van der Waals surface area contributed by atoms with E-state index in [-0.39, 0.29) is 18.2 Å². The van der Waals surface area contributed by atoms with E-state index >= 15 is 0 Å². The van der Waals surface area contributed by atoms with Crippen molar-refractivity contribution in [3.05, 3.63) is 29.8 Å². The Morgan fingerprint density at radius 3 is 2.79 bits per heavy atom. The first-order valence-electron chi connectivity index (χ1n) is 7.26. The largest absolute Gasteiger partial charge is 0.491 e. The summed E-state index contributed by atoms with van der Waals surface area (Å²) in [6, 6.07) is 8.09. The molecule has 0 amide bonds. The maximum Gasteiger partial charge on any atom is 0.124 e. The maximum atomic E-state index is 6.48. The van der Waals surface area contributed by atoms with Crippen LogP contribution >= 0.6 is 0 Å². The molecule has 2 rings (SSSR count). The molecule has 1 aromatic carbocycles. The zero-order valence-corrected chi connectivity index (χ0v) is 12.1. The van der Waals surface area contributed by atoms with E-state index < -0.39 is 0 Å². The molecule has 2 N–H and O–H groups in total. The van der Waals surface area contributed by atoms with E-state index in [4.69, 9.17) is 15.2 Å². The zero-order chi connectivity index (χ0) is 13.8. The third kappa shape index (κ3) is 3.28. The second-order valence-corrected chi connectivity index (χ2v) is 5.50. The lowest BCUT2D eigenvalue weighted by Crippen LogP contribution is -2.28. The quantitative estimate of drug-likeness (QED) is 0.886. The van der Waals surface area contributed by atoms with Crippen molar-refractivity contribution in [2.75, 3.05) is 6.61 Å². The van der Waals surface area contributed by atoms with Crippen molar-refractivity contribution in [2.24, 2.45) is 11.7 Å². The highest BCUT2D eigenvalue weighted by atomic mass is 16.5. The van der Waals surface area contributed by atoms with Crippen LogP contribution in [-0.2, 0) is 4.74 Å². The van der Waals surface area contributed by atoms with Crippen molar-refractivity contribution in [2.45, 2.75) is 51.9 Å². The van der Waals surface area contributed by atoms with Crippen LogP contribution in [0.25, 0.3) is 0 Å². The molecule has 1 aromatic rings. The van der Waals surface area contributed by atoms with Gasteiger partial charge in [-0.2, -0.15) is 0 Å². The fourth-order valence-corrected chi connectivity index (χ4v) is 2.84. The molecule has 0 radical (unpaired) electrons. The lowest BCUT2D eigenvalue weighted by molar-refractivity contribution is 0.0809. The van der Waals surface area contributed by atoms with E-state index in [1.165, 1.54) is 0 Å². The van der Waals surface area contributed by atoms with Crippen LogP contribution in [0, 0.1) is 5.92 Å². The molecular weight excluding hydrogens is 238 g/mol. The molecule has 19 heavy (non-hydrogen) atoms. The van der Waals surface area contributed by atoms with Gasteiger partial charge in [0.05, 0.1) is 12.2 Å². The Balaban J connectivity index is 2.20. The minimum absolute atomic E-state index is 0.0117. The summed E-state index contributed by atoms with van der Waals surface area (Å²) in [4.78, 5) is 0. The van der Waals surface area contributed by atoms with E-state index in [1.807, 2.05) is 32.0 Å². The molecule has 1 fully saturated rings. The lowest BCUT2D eigenvalue weighted by atomic mass is 9.87. The van der Waals surface area contributed by atoms with Crippen LogP contribution in [0.5, 0.6) is 5.75 Å². The Morgan fingerprint density at radius 1 is 1.37 bits per heavy atom. The third-order valence-corrected chi connectivity index (χ3v) is 3.77. The van der Waals surface area contributed by atoms with Crippen LogP contribution in [-0.4, -0.2) is 18.8 Å². The van der Waals surface area contributed by atoms with Crippen molar-refractivity contribution in [3.63, 3.8) is 0 Å². The first-order valence-corrected chi connectivity index (χ1v) is 7.26. The first kappa shape index (κ1) is 14.4. The topological polar surface area (TPSA) is 44.5 Å². The van der Waals surface area contributed by atoms with E-state index in [9.17, 15) is 0 Å². The summed E-state index contributed by atoms with van der Waals surface area (Å²) in [7, 11) is 0. The summed E-state index contributed by atoms with van der Waals surface area (Å²) in [6.07, 6.45) is 2.50. The van der Waals surface area contributed by atoms with Crippen molar-refractivity contribution in [1.29, 1.82) is 0 Å². The molecule has 3 nitrogen and oxygen atoms in total. The molecule has 3 heteroatoms.